The van der Waals surface area contributed by atoms with Crippen LogP contribution in [0, 0.1) is 5.92 Å². The van der Waals surface area contributed by atoms with E-state index >= 15 is 0 Å². The minimum absolute atomic E-state index is 0.00507. The maximum Gasteiger partial charge on any atom is 0.229 e. The van der Waals surface area contributed by atoms with Gasteiger partial charge in [0.15, 0.2) is 5.82 Å². The van der Waals surface area contributed by atoms with Crippen molar-refractivity contribution in [2.75, 3.05) is 18.4 Å². The first kappa shape index (κ1) is 12.9. The molecule has 2 rings (SSSR count). The van der Waals surface area contributed by atoms with Crippen molar-refractivity contribution in [1.29, 1.82) is 0 Å². The van der Waals surface area contributed by atoms with Crippen molar-refractivity contribution in [3.05, 3.63) is 15.4 Å². The molecule has 1 aliphatic rings. The van der Waals surface area contributed by atoms with Gasteiger partial charge in [0, 0.05) is 6.54 Å². The van der Waals surface area contributed by atoms with Gasteiger partial charge in [-0.1, -0.05) is 0 Å². The maximum atomic E-state index is 12.0. The van der Waals surface area contributed by atoms with Gasteiger partial charge in [0.25, 0.3) is 0 Å². The van der Waals surface area contributed by atoms with Crippen LogP contribution in [-0.2, 0) is 4.79 Å². The summed E-state index contributed by atoms with van der Waals surface area (Å²) >= 11 is 6.48. The molecule has 0 unspecified atom stereocenters. The Morgan fingerprint density at radius 1 is 1.53 bits per heavy atom. The van der Waals surface area contributed by atoms with Crippen LogP contribution in [0.2, 0.25) is 0 Å². The van der Waals surface area contributed by atoms with Gasteiger partial charge in [-0.05, 0) is 51.2 Å². The Labute approximate surface area is 116 Å². The van der Waals surface area contributed by atoms with Crippen molar-refractivity contribution in [3.8, 4) is 0 Å². The molecule has 0 radical (unpaired) electrons. The van der Waals surface area contributed by atoms with Gasteiger partial charge in [0.2, 0.25) is 5.91 Å². The monoisotopic (exact) mass is 362 g/mol. The summed E-state index contributed by atoms with van der Waals surface area (Å²) < 4.78 is 1.16. The Morgan fingerprint density at radius 2 is 2.35 bits per heavy atom. The first-order valence-corrected chi connectivity index (χ1v) is 6.95. The number of nitrogens with zero attached hydrogens (tertiary/aromatic N) is 2. The Hall–Kier alpha value is -0.530. The van der Waals surface area contributed by atoms with Gasteiger partial charge in [-0.15, -0.1) is 0 Å². The number of anilines is 1. The van der Waals surface area contributed by atoms with E-state index in [-0.39, 0.29) is 11.8 Å². The minimum Gasteiger partial charge on any atom is -0.316 e. The number of rotatable bonds is 2. The lowest BCUT2D eigenvalue weighted by molar-refractivity contribution is -0.120. The van der Waals surface area contributed by atoms with E-state index in [2.05, 4.69) is 52.5 Å². The molecule has 0 bridgehead atoms. The molecule has 1 saturated heterocycles. The predicted molar refractivity (Wildman–Crippen MR) is 71.7 cm³/mol. The second-order valence-corrected chi connectivity index (χ2v) is 5.43. The fourth-order valence-electron chi connectivity index (χ4n) is 1.72. The summed E-state index contributed by atoms with van der Waals surface area (Å²) in [6.45, 7) is 1.72. The van der Waals surface area contributed by atoms with E-state index in [9.17, 15) is 4.79 Å². The summed E-state index contributed by atoms with van der Waals surface area (Å²) in [5.74, 6) is 0.472. The van der Waals surface area contributed by atoms with Crippen LogP contribution in [-0.4, -0.2) is 29.0 Å². The fourth-order valence-corrected chi connectivity index (χ4v) is 2.64. The van der Waals surface area contributed by atoms with E-state index in [0.717, 1.165) is 25.9 Å². The highest BCUT2D eigenvalue weighted by atomic mass is 79.9. The van der Waals surface area contributed by atoms with Gasteiger partial charge in [-0.2, -0.15) is 0 Å². The van der Waals surface area contributed by atoms with Crippen molar-refractivity contribution in [2.24, 2.45) is 5.92 Å². The van der Waals surface area contributed by atoms with Crippen LogP contribution in [0.1, 0.15) is 12.8 Å². The SMILES string of the molecule is O=C(Nc1ncc(Br)nc1Br)[C@@H]1CCCNC1. The average Bonchev–Trinajstić information content (AvgIpc) is 2.34. The van der Waals surface area contributed by atoms with Gasteiger partial charge in [-0.3, -0.25) is 4.79 Å². The molecule has 5 nitrogen and oxygen atoms in total. The van der Waals surface area contributed by atoms with E-state index < -0.39 is 0 Å². The number of hydrogen-bond donors (Lipinski definition) is 2. The zero-order valence-corrected chi connectivity index (χ0v) is 12.2. The molecule has 7 heteroatoms. The number of aromatic nitrogens is 2. The molecule has 1 fully saturated rings. The molecular weight excluding hydrogens is 352 g/mol. The van der Waals surface area contributed by atoms with Crippen molar-refractivity contribution >= 4 is 43.6 Å². The molecule has 2 N–H and O–H groups in total. The second-order valence-electron chi connectivity index (χ2n) is 3.86. The molecule has 1 aromatic rings. The average molecular weight is 364 g/mol. The summed E-state index contributed by atoms with van der Waals surface area (Å²) in [6.07, 6.45) is 3.51. The molecule has 1 atom stereocenters. The highest BCUT2D eigenvalue weighted by Crippen LogP contribution is 2.21. The van der Waals surface area contributed by atoms with Crippen molar-refractivity contribution < 1.29 is 4.79 Å². The first-order chi connectivity index (χ1) is 8.16. The van der Waals surface area contributed by atoms with Gasteiger partial charge in [0.1, 0.15) is 9.21 Å². The first-order valence-electron chi connectivity index (χ1n) is 5.36. The highest BCUT2D eigenvalue weighted by molar-refractivity contribution is 9.11. The maximum absolute atomic E-state index is 12.0. The quantitative estimate of drug-likeness (QED) is 0.842. The normalized spacial score (nSPS) is 20.0. The van der Waals surface area contributed by atoms with Crippen molar-refractivity contribution in [1.82, 2.24) is 15.3 Å². The van der Waals surface area contributed by atoms with Crippen LogP contribution in [0.25, 0.3) is 0 Å². The lowest BCUT2D eigenvalue weighted by atomic mass is 9.99. The number of halogens is 2. The number of hydrogen-bond acceptors (Lipinski definition) is 4. The summed E-state index contributed by atoms with van der Waals surface area (Å²) in [5, 5.41) is 6.00. The molecule has 2 heterocycles. The van der Waals surface area contributed by atoms with Crippen LogP contribution in [0.3, 0.4) is 0 Å². The van der Waals surface area contributed by atoms with Gasteiger partial charge in [-0.25, -0.2) is 9.97 Å². The number of carbonyl (C=O) groups excluding carboxylic acids is 1. The molecule has 0 aliphatic carbocycles. The predicted octanol–water partition coefficient (Wildman–Crippen LogP) is 1.94. The van der Waals surface area contributed by atoms with Crippen molar-refractivity contribution in [2.45, 2.75) is 12.8 Å². The highest BCUT2D eigenvalue weighted by Gasteiger charge is 2.21. The van der Waals surface area contributed by atoms with Gasteiger partial charge < -0.3 is 10.6 Å². The number of carbonyl (C=O) groups is 1. The third-order valence-corrected chi connectivity index (χ3v) is 3.54. The zero-order valence-electron chi connectivity index (χ0n) is 9.04. The number of piperidine rings is 1. The minimum atomic E-state index is -0.00507. The summed E-state index contributed by atoms with van der Waals surface area (Å²) in [6, 6.07) is 0. The lowest BCUT2D eigenvalue weighted by Crippen LogP contribution is -2.37. The zero-order chi connectivity index (χ0) is 12.3. The second kappa shape index (κ2) is 5.88. The van der Waals surface area contributed by atoms with Crippen LogP contribution in [0.15, 0.2) is 15.4 Å². The topological polar surface area (TPSA) is 66.9 Å². The van der Waals surface area contributed by atoms with Crippen LogP contribution in [0.4, 0.5) is 5.82 Å². The molecular formula is C10H12Br2N4O. The Bertz CT molecular complexity index is 421. The Kier molecular flexibility index (Phi) is 4.47. The lowest BCUT2D eigenvalue weighted by Gasteiger charge is -2.21. The smallest absolute Gasteiger partial charge is 0.229 e. The van der Waals surface area contributed by atoms with E-state index in [0.29, 0.717) is 15.0 Å². The Morgan fingerprint density at radius 3 is 3.00 bits per heavy atom. The van der Waals surface area contributed by atoms with E-state index in [1.807, 2.05) is 0 Å². The number of amides is 1. The molecule has 0 aromatic carbocycles. The summed E-state index contributed by atoms with van der Waals surface area (Å²) in [4.78, 5) is 20.2. The van der Waals surface area contributed by atoms with Crippen LogP contribution >= 0.6 is 31.9 Å². The molecule has 1 aliphatic heterocycles. The summed E-state index contributed by atoms with van der Waals surface area (Å²) in [7, 11) is 0. The van der Waals surface area contributed by atoms with Crippen LogP contribution in [0.5, 0.6) is 0 Å². The van der Waals surface area contributed by atoms with Gasteiger partial charge in [0.05, 0.1) is 12.1 Å². The molecule has 1 aromatic heterocycles. The third-order valence-electron chi connectivity index (χ3n) is 2.61. The third kappa shape index (κ3) is 3.46. The molecule has 17 heavy (non-hydrogen) atoms. The standard InChI is InChI=1S/C10H12Br2N4O/c11-7-5-14-9(8(12)15-7)16-10(17)6-2-1-3-13-4-6/h5-6,13H,1-4H2,(H,14,16,17)/t6-/m1/s1. The largest absolute Gasteiger partial charge is 0.316 e. The van der Waals surface area contributed by atoms with E-state index in [1.165, 1.54) is 0 Å². The van der Waals surface area contributed by atoms with Gasteiger partial charge >= 0.3 is 0 Å². The van der Waals surface area contributed by atoms with Crippen molar-refractivity contribution in [3.63, 3.8) is 0 Å². The van der Waals surface area contributed by atoms with E-state index in [4.69, 9.17) is 0 Å². The molecule has 92 valence electrons. The van der Waals surface area contributed by atoms with E-state index in [1.54, 1.807) is 6.20 Å². The number of nitrogens with one attached hydrogen (secondary N) is 2. The molecule has 1 amide bonds. The summed E-state index contributed by atoms with van der Waals surface area (Å²) in [5.41, 5.74) is 0. The molecule has 0 spiro atoms. The Balaban J connectivity index is 2.02. The van der Waals surface area contributed by atoms with Crippen LogP contribution < -0.4 is 10.6 Å². The fraction of sp³-hybridized carbons (Fsp3) is 0.500. The molecule has 0 saturated carbocycles.